The summed E-state index contributed by atoms with van der Waals surface area (Å²) in [5.74, 6) is -1.17. The van der Waals surface area contributed by atoms with Crippen molar-refractivity contribution < 1.29 is 19.4 Å². The molecule has 0 unspecified atom stereocenters. The molecule has 0 saturated carbocycles. The number of carboxylic acids is 1. The fourth-order valence-corrected chi connectivity index (χ4v) is 1.47. The second-order valence-corrected chi connectivity index (χ2v) is 3.80. The van der Waals surface area contributed by atoms with Crippen LogP contribution >= 0.6 is 15.9 Å². The van der Waals surface area contributed by atoms with Crippen molar-refractivity contribution in [3.8, 4) is 5.75 Å². The molecule has 0 saturated heterocycles. The van der Waals surface area contributed by atoms with Crippen molar-refractivity contribution in [1.29, 1.82) is 0 Å². The number of ether oxygens (including phenoxy) is 1. The molecule has 84 valence electrons. The highest BCUT2D eigenvalue weighted by atomic mass is 79.9. The van der Waals surface area contributed by atoms with Crippen LogP contribution in [0.15, 0.2) is 34.8 Å². The van der Waals surface area contributed by atoms with Gasteiger partial charge in [-0.15, -0.1) is 0 Å². The number of hydrogen-bond donors (Lipinski definition) is 1. The number of carbonyl (C=O) groups excluding carboxylic acids is 1. The monoisotopic (exact) mass is 284 g/mol. The number of carbonyl (C=O) groups is 2. The van der Waals surface area contributed by atoms with Gasteiger partial charge in [0.05, 0.1) is 12.7 Å². The largest absolute Gasteiger partial charge is 0.496 e. The minimum absolute atomic E-state index is 0.314. The predicted molar refractivity (Wildman–Crippen MR) is 61.8 cm³/mol. The lowest BCUT2D eigenvalue weighted by Crippen LogP contribution is -2.00. The van der Waals surface area contributed by atoms with Crippen molar-refractivity contribution in [2.45, 2.75) is 0 Å². The summed E-state index contributed by atoms with van der Waals surface area (Å²) in [6, 6.07) is 4.94. The molecule has 5 heteroatoms. The van der Waals surface area contributed by atoms with E-state index in [4.69, 9.17) is 9.84 Å². The number of ketones is 1. The minimum atomic E-state index is -1.16. The van der Waals surface area contributed by atoms with Crippen LogP contribution in [0.4, 0.5) is 0 Å². The average Bonchev–Trinajstić information content (AvgIpc) is 2.25. The average molecular weight is 285 g/mol. The van der Waals surface area contributed by atoms with E-state index in [0.717, 1.165) is 16.6 Å². The van der Waals surface area contributed by atoms with Gasteiger partial charge in [-0.05, 0) is 24.3 Å². The van der Waals surface area contributed by atoms with Gasteiger partial charge in [0.2, 0.25) is 0 Å². The summed E-state index contributed by atoms with van der Waals surface area (Å²) in [6.07, 6.45) is 1.79. The van der Waals surface area contributed by atoms with E-state index in [1.807, 2.05) is 0 Å². The van der Waals surface area contributed by atoms with Gasteiger partial charge in [-0.3, -0.25) is 4.79 Å². The summed E-state index contributed by atoms with van der Waals surface area (Å²) in [5, 5.41) is 8.41. The number of carboxylic acid groups (broad SMARTS) is 1. The van der Waals surface area contributed by atoms with Crippen LogP contribution in [0.2, 0.25) is 0 Å². The Morgan fingerprint density at radius 3 is 2.62 bits per heavy atom. The second-order valence-electron chi connectivity index (χ2n) is 2.88. The molecular formula is C11H9BrO4. The lowest BCUT2D eigenvalue weighted by molar-refractivity contribution is -0.131. The predicted octanol–water partition coefficient (Wildman–Crippen LogP) is 2.28. The first-order valence-corrected chi connectivity index (χ1v) is 5.12. The van der Waals surface area contributed by atoms with Crippen LogP contribution in [0.1, 0.15) is 10.4 Å². The van der Waals surface area contributed by atoms with Crippen LogP contribution in [0.25, 0.3) is 0 Å². The van der Waals surface area contributed by atoms with Gasteiger partial charge in [-0.25, -0.2) is 4.79 Å². The second kappa shape index (κ2) is 5.46. The number of allylic oxidation sites excluding steroid dienone is 1. The van der Waals surface area contributed by atoms with Gasteiger partial charge < -0.3 is 9.84 Å². The number of aliphatic carboxylic acids is 1. The highest BCUT2D eigenvalue weighted by Gasteiger charge is 2.10. The van der Waals surface area contributed by atoms with E-state index in [1.165, 1.54) is 7.11 Å². The van der Waals surface area contributed by atoms with Gasteiger partial charge in [0.25, 0.3) is 0 Å². The molecule has 0 spiro atoms. The molecule has 0 amide bonds. The van der Waals surface area contributed by atoms with Crippen molar-refractivity contribution in [2.24, 2.45) is 0 Å². The third kappa shape index (κ3) is 3.20. The van der Waals surface area contributed by atoms with Crippen molar-refractivity contribution in [3.63, 3.8) is 0 Å². The fourth-order valence-electron chi connectivity index (χ4n) is 1.11. The number of halogens is 1. The third-order valence-corrected chi connectivity index (χ3v) is 2.30. The topological polar surface area (TPSA) is 63.6 Å². The Bertz CT molecular complexity index is 451. The molecule has 0 bridgehead atoms. The molecule has 0 aliphatic rings. The SMILES string of the molecule is COc1ccc(Br)cc1C(=O)/C=C/C(=O)O. The highest BCUT2D eigenvalue weighted by molar-refractivity contribution is 9.10. The maximum absolute atomic E-state index is 11.6. The van der Waals surface area contributed by atoms with Crippen molar-refractivity contribution >= 4 is 27.7 Å². The molecule has 0 heterocycles. The summed E-state index contributed by atoms with van der Waals surface area (Å²) < 4.78 is 5.73. The molecule has 0 aliphatic heterocycles. The van der Waals surface area contributed by atoms with Crippen molar-refractivity contribution in [3.05, 3.63) is 40.4 Å². The zero-order valence-electron chi connectivity index (χ0n) is 8.44. The Hall–Kier alpha value is -1.62. The molecule has 16 heavy (non-hydrogen) atoms. The normalized spacial score (nSPS) is 10.4. The molecule has 1 aromatic carbocycles. The van der Waals surface area contributed by atoms with Gasteiger partial charge >= 0.3 is 5.97 Å². The summed E-state index contributed by atoms with van der Waals surface area (Å²) in [7, 11) is 1.45. The zero-order chi connectivity index (χ0) is 12.1. The smallest absolute Gasteiger partial charge is 0.328 e. The van der Waals surface area contributed by atoms with E-state index in [0.29, 0.717) is 11.3 Å². The molecular weight excluding hydrogens is 276 g/mol. The third-order valence-electron chi connectivity index (χ3n) is 1.80. The van der Waals surface area contributed by atoms with Crippen molar-refractivity contribution in [2.75, 3.05) is 7.11 Å². The lowest BCUT2D eigenvalue weighted by atomic mass is 10.1. The van der Waals surface area contributed by atoms with Crippen LogP contribution in [0.3, 0.4) is 0 Å². The number of rotatable bonds is 4. The number of hydrogen-bond acceptors (Lipinski definition) is 3. The summed E-state index contributed by atoms with van der Waals surface area (Å²) in [5.41, 5.74) is 0.314. The van der Waals surface area contributed by atoms with E-state index in [9.17, 15) is 9.59 Å². The molecule has 1 rings (SSSR count). The van der Waals surface area contributed by atoms with E-state index in [-0.39, 0.29) is 0 Å². The number of benzene rings is 1. The zero-order valence-corrected chi connectivity index (χ0v) is 10.0. The first kappa shape index (κ1) is 12.4. The molecule has 1 N–H and O–H groups in total. The van der Waals surface area contributed by atoms with Crippen LogP contribution < -0.4 is 4.74 Å². The highest BCUT2D eigenvalue weighted by Crippen LogP contribution is 2.23. The Morgan fingerprint density at radius 1 is 1.38 bits per heavy atom. The van der Waals surface area contributed by atoms with E-state index in [1.54, 1.807) is 18.2 Å². The lowest BCUT2D eigenvalue weighted by Gasteiger charge is -2.05. The molecule has 0 aromatic heterocycles. The first-order chi connectivity index (χ1) is 7.54. The molecule has 0 aliphatic carbocycles. The Morgan fingerprint density at radius 2 is 2.06 bits per heavy atom. The Balaban J connectivity index is 3.06. The van der Waals surface area contributed by atoms with Crippen LogP contribution in [0.5, 0.6) is 5.75 Å². The Kier molecular flexibility index (Phi) is 4.25. The molecule has 0 fully saturated rings. The van der Waals surface area contributed by atoms with Crippen LogP contribution in [-0.4, -0.2) is 24.0 Å². The van der Waals surface area contributed by atoms with E-state index >= 15 is 0 Å². The van der Waals surface area contributed by atoms with E-state index < -0.39 is 11.8 Å². The van der Waals surface area contributed by atoms with Gasteiger partial charge in [0.1, 0.15) is 5.75 Å². The van der Waals surface area contributed by atoms with Gasteiger partial charge in [0, 0.05) is 10.5 Å². The van der Waals surface area contributed by atoms with Gasteiger partial charge in [-0.1, -0.05) is 15.9 Å². The van der Waals surface area contributed by atoms with Crippen LogP contribution in [0, 0.1) is 0 Å². The van der Waals surface area contributed by atoms with Crippen LogP contribution in [-0.2, 0) is 4.79 Å². The molecule has 0 atom stereocenters. The van der Waals surface area contributed by atoms with Gasteiger partial charge in [0.15, 0.2) is 5.78 Å². The van der Waals surface area contributed by atoms with Crippen molar-refractivity contribution in [1.82, 2.24) is 0 Å². The first-order valence-electron chi connectivity index (χ1n) is 4.33. The molecule has 0 radical (unpaired) electrons. The molecule has 4 nitrogen and oxygen atoms in total. The van der Waals surface area contributed by atoms with Gasteiger partial charge in [-0.2, -0.15) is 0 Å². The summed E-state index contributed by atoms with van der Waals surface area (Å²) in [4.78, 5) is 21.9. The quantitative estimate of drug-likeness (QED) is 0.681. The standard InChI is InChI=1S/C11H9BrO4/c1-16-10-4-2-7(12)6-8(10)9(13)3-5-11(14)15/h2-6H,1H3,(H,14,15)/b5-3+. The molecule has 1 aromatic rings. The summed E-state index contributed by atoms with van der Waals surface area (Å²) in [6.45, 7) is 0. The van der Waals surface area contributed by atoms with E-state index in [2.05, 4.69) is 15.9 Å². The maximum Gasteiger partial charge on any atom is 0.328 e. The minimum Gasteiger partial charge on any atom is -0.496 e. The maximum atomic E-state index is 11.6. The number of methoxy groups -OCH3 is 1. The fraction of sp³-hybridized carbons (Fsp3) is 0.0909. The summed E-state index contributed by atoms with van der Waals surface area (Å²) >= 11 is 3.23. The Labute approximate surface area is 101 Å².